The first-order chi connectivity index (χ1) is 13.5. The molecule has 0 aliphatic rings. The van der Waals surface area contributed by atoms with Crippen molar-refractivity contribution in [2.24, 2.45) is 0 Å². The SMILES string of the molecule is COc1ccc(NS(=O)(=O)CCCCSc2nc3ccc(OC)cc3s2)cc1. The molecule has 150 valence electrons. The summed E-state index contributed by atoms with van der Waals surface area (Å²) in [5, 5.41) is 0. The third kappa shape index (κ3) is 5.76. The molecule has 0 aliphatic carbocycles. The second kappa shape index (κ2) is 9.49. The van der Waals surface area contributed by atoms with E-state index in [1.807, 2.05) is 18.2 Å². The number of benzene rings is 2. The standard InChI is InChI=1S/C19H22N2O4S3/c1-24-15-7-5-14(6-8-15)21-28(22,23)12-4-3-11-26-19-20-17-10-9-16(25-2)13-18(17)27-19/h5-10,13,21H,3-4,11-12H2,1-2H3. The topological polar surface area (TPSA) is 77.5 Å². The first kappa shape index (κ1) is 20.8. The van der Waals surface area contributed by atoms with Gasteiger partial charge in [0.15, 0.2) is 4.34 Å². The molecule has 0 atom stereocenters. The molecule has 28 heavy (non-hydrogen) atoms. The van der Waals surface area contributed by atoms with Gasteiger partial charge in [0, 0.05) is 11.4 Å². The average Bonchev–Trinajstić information content (AvgIpc) is 3.09. The first-order valence-electron chi connectivity index (χ1n) is 8.71. The van der Waals surface area contributed by atoms with Gasteiger partial charge in [-0.25, -0.2) is 13.4 Å². The quantitative estimate of drug-likeness (QED) is 0.367. The molecule has 2 aromatic carbocycles. The lowest BCUT2D eigenvalue weighted by Gasteiger charge is -2.08. The van der Waals surface area contributed by atoms with Gasteiger partial charge in [0.2, 0.25) is 10.0 Å². The van der Waals surface area contributed by atoms with Gasteiger partial charge >= 0.3 is 0 Å². The molecular formula is C19H22N2O4S3. The van der Waals surface area contributed by atoms with Gasteiger partial charge in [0.1, 0.15) is 11.5 Å². The molecule has 6 nitrogen and oxygen atoms in total. The Morgan fingerprint density at radius 3 is 2.46 bits per heavy atom. The molecule has 0 fully saturated rings. The Morgan fingerprint density at radius 2 is 1.75 bits per heavy atom. The van der Waals surface area contributed by atoms with Crippen molar-refractivity contribution in [3.63, 3.8) is 0 Å². The molecule has 3 rings (SSSR count). The van der Waals surface area contributed by atoms with Crippen molar-refractivity contribution < 1.29 is 17.9 Å². The normalized spacial score (nSPS) is 11.5. The second-order valence-corrected chi connectivity index (χ2v) is 10.2. The number of hydrogen-bond acceptors (Lipinski definition) is 7. The zero-order valence-electron chi connectivity index (χ0n) is 15.7. The molecule has 0 bridgehead atoms. The van der Waals surface area contributed by atoms with E-state index in [4.69, 9.17) is 9.47 Å². The highest BCUT2D eigenvalue weighted by atomic mass is 32.2. The van der Waals surface area contributed by atoms with Crippen molar-refractivity contribution in [2.45, 2.75) is 17.2 Å². The largest absolute Gasteiger partial charge is 0.497 e. The Labute approximate surface area is 173 Å². The summed E-state index contributed by atoms with van der Waals surface area (Å²) in [4.78, 5) is 4.59. The van der Waals surface area contributed by atoms with Crippen LogP contribution >= 0.6 is 23.1 Å². The zero-order chi connectivity index (χ0) is 20.0. The van der Waals surface area contributed by atoms with Crippen LogP contribution in [0.25, 0.3) is 10.2 Å². The van der Waals surface area contributed by atoms with E-state index in [0.29, 0.717) is 17.9 Å². The Balaban J connectivity index is 1.43. The molecule has 1 heterocycles. The maximum Gasteiger partial charge on any atom is 0.232 e. The highest BCUT2D eigenvalue weighted by Gasteiger charge is 2.11. The zero-order valence-corrected chi connectivity index (χ0v) is 18.1. The number of aromatic nitrogens is 1. The van der Waals surface area contributed by atoms with E-state index in [9.17, 15) is 8.42 Å². The molecule has 1 N–H and O–H groups in total. The number of nitrogens with one attached hydrogen (secondary N) is 1. The van der Waals surface area contributed by atoms with Crippen molar-refractivity contribution in [3.05, 3.63) is 42.5 Å². The van der Waals surface area contributed by atoms with Crippen molar-refractivity contribution in [2.75, 3.05) is 30.4 Å². The van der Waals surface area contributed by atoms with Crippen LogP contribution in [0.4, 0.5) is 5.69 Å². The molecule has 0 aliphatic heterocycles. The first-order valence-corrected chi connectivity index (χ1v) is 12.2. The summed E-state index contributed by atoms with van der Waals surface area (Å²) in [6, 6.07) is 12.7. The summed E-state index contributed by atoms with van der Waals surface area (Å²) in [7, 11) is -0.134. The van der Waals surface area contributed by atoms with E-state index in [-0.39, 0.29) is 5.75 Å². The Bertz CT molecular complexity index is 1020. The van der Waals surface area contributed by atoms with E-state index >= 15 is 0 Å². The van der Waals surface area contributed by atoms with Gasteiger partial charge < -0.3 is 9.47 Å². The number of methoxy groups -OCH3 is 2. The monoisotopic (exact) mass is 438 g/mol. The van der Waals surface area contributed by atoms with Crippen LogP contribution in [-0.2, 0) is 10.0 Å². The molecule has 0 amide bonds. The summed E-state index contributed by atoms with van der Waals surface area (Å²) >= 11 is 3.28. The molecule has 0 unspecified atom stereocenters. The summed E-state index contributed by atoms with van der Waals surface area (Å²) in [5.41, 5.74) is 1.50. The van der Waals surface area contributed by atoms with Crippen LogP contribution < -0.4 is 14.2 Å². The lowest BCUT2D eigenvalue weighted by atomic mass is 10.3. The second-order valence-electron chi connectivity index (χ2n) is 6.02. The number of nitrogens with zero attached hydrogens (tertiary/aromatic N) is 1. The number of fused-ring (bicyclic) bond motifs is 1. The van der Waals surface area contributed by atoms with E-state index < -0.39 is 10.0 Å². The van der Waals surface area contributed by atoms with Gasteiger partial charge in [-0.05, 0) is 55.3 Å². The van der Waals surface area contributed by atoms with E-state index in [0.717, 1.165) is 32.5 Å². The highest BCUT2D eigenvalue weighted by Crippen LogP contribution is 2.32. The van der Waals surface area contributed by atoms with Crippen LogP contribution in [0.3, 0.4) is 0 Å². The lowest BCUT2D eigenvalue weighted by molar-refractivity contribution is 0.415. The maximum absolute atomic E-state index is 12.2. The molecular weight excluding hydrogens is 416 g/mol. The number of sulfonamides is 1. The van der Waals surface area contributed by atoms with E-state index in [2.05, 4.69) is 9.71 Å². The minimum Gasteiger partial charge on any atom is -0.497 e. The fourth-order valence-electron chi connectivity index (χ4n) is 2.52. The lowest BCUT2D eigenvalue weighted by Crippen LogP contribution is -2.16. The van der Waals surface area contributed by atoms with Crippen LogP contribution in [-0.4, -0.2) is 39.1 Å². The van der Waals surface area contributed by atoms with Gasteiger partial charge in [-0.1, -0.05) is 11.8 Å². The number of unbranched alkanes of at least 4 members (excludes halogenated alkanes) is 1. The van der Waals surface area contributed by atoms with Crippen molar-refractivity contribution in [1.82, 2.24) is 4.98 Å². The van der Waals surface area contributed by atoms with Gasteiger partial charge in [0.05, 0.1) is 30.2 Å². The van der Waals surface area contributed by atoms with Crippen LogP contribution in [0.15, 0.2) is 46.8 Å². The Morgan fingerprint density at radius 1 is 1.04 bits per heavy atom. The predicted molar refractivity (Wildman–Crippen MR) is 117 cm³/mol. The predicted octanol–water partition coefficient (Wildman–Crippen LogP) is 4.63. The molecule has 0 saturated carbocycles. The van der Waals surface area contributed by atoms with Crippen molar-refractivity contribution in [3.8, 4) is 11.5 Å². The number of rotatable bonds is 10. The number of ether oxygens (including phenoxy) is 2. The Hall–Kier alpha value is -1.97. The molecule has 0 saturated heterocycles. The van der Waals surface area contributed by atoms with Gasteiger partial charge in [-0.15, -0.1) is 11.3 Å². The van der Waals surface area contributed by atoms with Crippen LogP contribution in [0.5, 0.6) is 11.5 Å². The van der Waals surface area contributed by atoms with Crippen LogP contribution in [0.1, 0.15) is 12.8 Å². The Kier molecular flexibility index (Phi) is 7.03. The minimum atomic E-state index is -3.35. The summed E-state index contributed by atoms with van der Waals surface area (Å²) < 4.78 is 39.4. The molecule has 9 heteroatoms. The van der Waals surface area contributed by atoms with Crippen LogP contribution in [0.2, 0.25) is 0 Å². The molecule has 0 spiro atoms. The number of anilines is 1. The fraction of sp³-hybridized carbons (Fsp3) is 0.316. The molecule has 1 aromatic heterocycles. The number of thiazole rings is 1. The average molecular weight is 439 g/mol. The smallest absolute Gasteiger partial charge is 0.232 e. The highest BCUT2D eigenvalue weighted by molar-refractivity contribution is 8.01. The fourth-order valence-corrected chi connectivity index (χ4v) is 5.86. The van der Waals surface area contributed by atoms with E-state index in [1.54, 1.807) is 61.6 Å². The summed E-state index contributed by atoms with van der Waals surface area (Å²) in [5.74, 6) is 2.43. The third-order valence-electron chi connectivity index (χ3n) is 3.97. The van der Waals surface area contributed by atoms with Crippen molar-refractivity contribution in [1.29, 1.82) is 0 Å². The van der Waals surface area contributed by atoms with E-state index in [1.165, 1.54) is 0 Å². The van der Waals surface area contributed by atoms with Gasteiger partial charge in [0.25, 0.3) is 0 Å². The van der Waals surface area contributed by atoms with Crippen LogP contribution in [0, 0.1) is 0 Å². The summed E-state index contributed by atoms with van der Waals surface area (Å²) in [6.07, 6.45) is 1.39. The molecule has 3 aromatic rings. The number of hydrogen-bond donors (Lipinski definition) is 1. The van der Waals surface area contributed by atoms with Crippen molar-refractivity contribution >= 4 is 49.0 Å². The maximum atomic E-state index is 12.2. The van der Waals surface area contributed by atoms with Gasteiger partial charge in [-0.2, -0.15) is 0 Å². The summed E-state index contributed by atoms with van der Waals surface area (Å²) in [6.45, 7) is 0. The molecule has 0 radical (unpaired) electrons. The third-order valence-corrected chi connectivity index (χ3v) is 7.59. The van der Waals surface area contributed by atoms with Gasteiger partial charge in [-0.3, -0.25) is 4.72 Å². The number of thioether (sulfide) groups is 1. The minimum absolute atomic E-state index is 0.0939.